The maximum Gasteiger partial charge on any atom is 0.137 e. The molecule has 2 N–H and O–H groups in total. The van der Waals surface area contributed by atoms with Crippen molar-refractivity contribution in [3.05, 3.63) is 63.9 Å². The minimum Gasteiger partial charge on any atom is -0.490 e. The van der Waals surface area contributed by atoms with Gasteiger partial charge in [-0.15, -0.1) is 0 Å². The number of hydrogen-bond donors (Lipinski definition) is 1. The van der Waals surface area contributed by atoms with Crippen molar-refractivity contribution in [2.45, 2.75) is 25.0 Å². The molecular formula is C16H15BrFNO. The second-order valence-electron chi connectivity index (χ2n) is 5.04. The lowest BCUT2D eigenvalue weighted by Gasteiger charge is -2.14. The lowest BCUT2D eigenvalue weighted by atomic mass is 9.99. The zero-order valence-corrected chi connectivity index (χ0v) is 12.4. The molecule has 0 aliphatic heterocycles. The minimum absolute atomic E-state index is 0.302. The van der Waals surface area contributed by atoms with Crippen LogP contribution in [-0.4, -0.2) is 6.10 Å². The maximum absolute atomic E-state index is 13.6. The lowest BCUT2D eigenvalue weighted by Crippen LogP contribution is -2.12. The Balaban J connectivity index is 1.84. The average molecular weight is 336 g/mol. The first-order valence-electron chi connectivity index (χ1n) is 6.60. The predicted molar refractivity (Wildman–Crippen MR) is 80.2 cm³/mol. The molecule has 1 fully saturated rings. The van der Waals surface area contributed by atoms with Crippen LogP contribution in [0.4, 0.5) is 4.39 Å². The van der Waals surface area contributed by atoms with Crippen LogP contribution in [0.2, 0.25) is 0 Å². The molecule has 0 radical (unpaired) electrons. The quantitative estimate of drug-likeness (QED) is 0.909. The SMILES string of the molecule is NC(c1cccc(OC2CC2)c1)c1ccc(Br)c(F)c1. The van der Waals surface area contributed by atoms with Gasteiger partial charge in [0.1, 0.15) is 11.6 Å². The molecule has 2 nitrogen and oxygen atoms in total. The number of rotatable bonds is 4. The van der Waals surface area contributed by atoms with Crippen molar-refractivity contribution in [2.24, 2.45) is 5.73 Å². The molecule has 4 heteroatoms. The Bertz CT molecular complexity index is 628. The summed E-state index contributed by atoms with van der Waals surface area (Å²) in [5.74, 6) is 0.529. The third-order valence-corrected chi connectivity index (χ3v) is 3.99. The Kier molecular flexibility index (Phi) is 3.76. The Morgan fingerprint density at radius 3 is 2.60 bits per heavy atom. The summed E-state index contributed by atoms with van der Waals surface area (Å²) in [6.07, 6.45) is 2.59. The summed E-state index contributed by atoms with van der Waals surface area (Å²) in [5.41, 5.74) is 7.88. The minimum atomic E-state index is -0.361. The van der Waals surface area contributed by atoms with E-state index >= 15 is 0 Å². The van der Waals surface area contributed by atoms with Crippen LogP contribution in [0.25, 0.3) is 0 Å². The van der Waals surface area contributed by atoms with E-state index in [0.717, 1.165) is 29.7 Å². The fraction of sp³-hybridized carbons (Fsp3) is 0.250. The highest BCUT2D eigenvalue weighted by Gasteiger charge is 2.23. The molecule has 1 aliphatic carbocycles. The van der Waals surface area contributed by atoms with Crippen molar-refractivity contribution in [2.75, 3.05) is 0 Å². The van der Waals surface area contributed by atoms with Crippen LogP contribution in [0.15, 0.2) is 46.9 Å². The van der Waals surface area contributed by atoms with Gasteiger partial charge in [-0.25, -0.2) is 4.39 Å². The molecule has 0 amide bonds. The normalized spacial score (nSPS) is 15.9. The highest BCUT2D eigenvalue weighted by Crippen LogP contribution is 2.30. The van der Waals surface area contributed by atoms with Gasteiger partial charge < -0.3 is 10.5 Å². The highest BCUT2D eigenvalue weighted by molar-refractivity contribution is 9.10. The van der Waals surface area contributed by atoms with Crippen molar-refractivity contribution in [3.63, 3.8) is 0 Å². The second kappa shape index (κ2) is 5.54. The molecule has 1 saturated carbocycles. The van der Waals surface area contributed by atoms with Gasteiger partial charge in [0.25, 0.3) is 0 Å². The van der Waals surface area contributed by atoms with E-state index in [1.807, 2.05) is 30.3 Å². The van der Waals surface area contributed by atoms with Gasteiger partial charge in [0, 0.05) is 0 Å². The highest BCUT2D eigenvalue weighted by atomic mass is 79.9. The summed E-state index contributed by atoms with van der Waals surface area (Å²) >= 11 is 3.14. The summed E-state index contributed by atoms with van der Waals surface area (Å²) < 4.78 is 19.8. The predicted octanol–water partition coefficient (Wildman–Crippen LogP) is 4.18. The van der Waals surface area contributed by atoms with Gasteiger partial charge in [-0.3, -0.25) is 0 Å². The molecule has 0 spiro atoms. The Morgan fingerprint density at radius 2 is 1.90 bits per heavy atom. The molecule has 0 aromatic heterocycles. The molecule has 1 atom stereocenters. The van der Waals surface area contributed by atoms with Crippen LogP contribution in [0.3, 0.4) is 0 Å². The summed E-state index contributed by atoms with van der Waals surface area (Å²) in [7, 11) is 0. The molecule has 2 aromatic carbocycles. The van der Waals surface area contributed by atoms with Crippen LogP contribution in [-0.2, 0) is 0 Å². The molecule has 20 heavy (non-hydrogen) atoms. The fourth-order valence-electron chi connectivity index (χ4n) is 2.06. The van der Waals surface area contributed by atoms with Crippen LogP contribution < -0.4 is 10.5 Å². The summed E-state index contributed by atoms with van der Waals surface area (Å²) in [6, 6.07) is 12.3. The molecule has 0 bridgehead atoms. The van der Waals surface area contributed by atoms with Gasteiger partial charge in [0.2, 0.25) is 0 Å². The van der Waals surface area contributed by atoms with Crippen molar-refractivity contribution >= 4 is 15.9 Å². The van der Waals surface area contributed by atoms with Crippen molar-refractivity contribution in [1.82, 2.24) is 0 Å². The molecule has 1 unspecified atom stereocenters. The molecule has 1 aliphatic rings. The topological polar surface area (TPSA) is 35.2 Å². The largest absolute Gasteiger partial charge is 0.490 e. The number of hydrogen-bond acceptors (Lipinski definition) is 2. The van der Waals surface area contributed by atoms with Gasteiger partial charge in [-0.2, -0.15) is 0 Å². The first-order chi connectivity index (χ1) is 9.63. The maximum atomic E-state index is 13.6. The van der Waals surface area contributed by atoms with Gasteiger partial charge in [-0.05, 0) is 64.2 Å². The third-order valence-electron chi connectivity index (χ3n) is 3.35. The molecule has 104 valence electrons. The van der Waals surface area contributed by atoms with Gasteiger partial charge >= 0.3 is 0 Å². The van der Waals surface area contributed by atoms with Gasteiger partial charge in [-0.1, -0.05) is 18.2 Å². The van der Waals surface area contributed by atoms with E-state index in [2.05, 4.69) is 15.9 Å². The Labute approximate surface area is 125 Å². The summed E-state index contributed by atoms with van der Waals surface area (Å²) in [6.45, 7) is 0. The van der Waals surface area contributed by atoms with E-state index in [-0.39, 0.29) is 11.9 Å². The van der Waals surface area contributed by atoms with Gasteiger partial charge in [0.15, 0.2) is 0 Å². The Hall–Kier alpha value is -1.39. The van der Waals surface area contributed by atoms with Crippen LogP contribution in [0, 0.1) is 5.82 Å². The molecule has 0 heterocycles. The zero-order chi connectivity index (χ0) is 14.1. The van der Waals surface area contributed by atoms with Crippen LogP contribution in [0.1, 0.15) is 30.0 Å². The smallest absolute Gasteiger partial charge is 0.137 e. The van der Waals surface area contributed by atoms with E-state index in [1.54, 1.807) is 6.07 Å². The van der Waals surface area contributed by atoms with Crippen molar-refractivity contribution < 1.29 is 9.13 Å². The standard InChI is InChI=1S/C16H15BrFNO/c17-14-7-4-11(9-15(14)18)16(19)10-2-1-3-13(8-10)20-12-5-6-12/h1-4,7-9,12,16H,5-6,19H2. The van der Waals surface area contributed by atoms with Crippen LogP contribution >= 0.6 is 15.9 Å². The lowest BCUT2D eigenvalue weighted by molar-refractivity contribution is 0.303. The molecule has 2 aromatic rings. The average Bonchev–Trinajstić information content (AvgIpc) is 3.25. The monoisotopic (exact) mass is 335 g/mol. The van der Waals surface area contributed by atoms with E-state index in [0.29, 0.717) is 10.6 Å². The number of nitrogens with two attached hydrogens (primary N) is 1. The molecule has 3 rings (SSSR count). The van der Waals surface area contributed by atoms with E-state index < -0.39 is 0 Å². The third kappa shape index (κ3) is 3.02. The summed E-state index contributed by atoms with van der Waals surface area (Å²) in [4.78, 5) is 0. The van der Waals surface area contributed by atoms with E-state index in [4.69, 9.17) is 10.5 Å². The number of benzene rings is 2. The van der Waals surface area contributed by atoms with Gasteiger partial charge in [0.05, 0.1) is 16.6 Å². The van der Waals surface area contributed by atoms with Crippen molar-refractivity contribution in [3.8, 4) is 5.75 Å². The molecular weight excluding hydrogens is 321 g/mol. The fourth-order valence-corrected chi connectivity index (χ4v) is 2.30. The second-order valence-corrected chi connectivity index (χ2v) is 5.90. The summed E-state index contributed by atoms with van der Waals surface area (Å²) in [5, 5.41) is 0. The Morgan fingerprint density at radius 1 is 1.15 bits per heavy atom. The zero-order valence-electron chi connectivity index (χ0n) is 10.9. The molecule has 0 saturated heterocycles. The number of ether oxygens (including phenoxy) is 1. The first kappa shape index (κ1) is 13.6. The van der Waals surface area contributed by atoms with Crippen molar-refractivity contribution in [1.29, 1.82) is 0 Å². The van der Waals surface area contributed by atoms with E-state index in [9.17, 15) is 4.39 Å². The first-order valence-corrected chi connectivity index (χ1v) is 7.40. The number of halogens is 2. The van der Waals surface area contributed by atoms with E-state index in [1.165, 1.54) is 6.07 Å². The van der Waals surface area contributed by atoms with Crippen LogP contribution in [0.5, 0.6) is 5.75 Å².